The van der Waals surface area contributed by atoms with Gasteiger partial charge in [-0.15, -0.1) is 0 Å². The molecule has 6 heteroatoms. The molecule has 1 N–H and O–H groups in total. The third-order valence-corrected chi connectivity index (χ3v) is 2.71. The van der Waals surface area contributed by atoms with Crippen molar-refractivity contribution in [2.75, 3.05) is 39.8 Å². The number of ether oxygens (including phenoxy) is 2. The number of hydrogen-bond acceptors (Lipinski definition) is 5. The van der Waals surface area contributed by atoms with Crippen molar-refractivity contribution < 1.29 is 19.4 Å². The molecule has 1 rings (SSSR count). The van der Waals surface area contributed by atoms with Crippen LogP contribution in [0, 0.1) is 0 Å². The van der Waals surface area contributed by atoms with Gasteiger partial charge in [0, 0.05) is 39.8 Å². The second kappa shape index (κ2) is 6.36. The van der Waals surface area contributed by atoms with E-state index in [1.54, 1.807) is 4.90 Å². The molecule has 0 saturated carbocycles. The van der Waals surface area contributed by atoms with Crippen LogP contribution < -0.4 is 0 Å². The van der Waals surface area contributed by atoms with Crippen LogP contribution in [-0.2, 0) is 9.47 Å². The van der Waals surface area contributed by atoms with Gasteiger partial charge in [0.05, 0.1) is 0 Å². The molecule has 6 nitrogen and oxygen atoms in total. The first-order chi connectivity index (χ1) is 8.31. The fraction of sp³-hybridized carbons (Fsp3) is 0.917. The minimum absolute atomic E-state index is 0.269. The van der Waals surface area contributed by atoms with Crippen LogP contribution in [0.2, 0.25) is 0 Å². The molecule has 1 unspecified atom stereocenters. The first-order valence-electron chi connectivity index (χ1n) is 6.23. The van der Waals surface area contributed by atoms with Crippen LogP contribution in [0.5, 0.6) is 0 Å². The Morgan fingerprint density at radius 2 is 1.83 bits per heavy atom. The summed E-state index contributed by atoms with van der Waals surface area (Å²) in [5.41, 5.74) is -0.458. The Labute approximate surface area is 108 Å². The Kier molecular flexibility index (Phi) is 5.37. The van der Waals surface area contributed by atoms with E-state index in [1.807, 2.05) is 20.8 Å². The maximum Gasteiger partial charge on any atom is 0.410 e. The van der Waals surface area contributed by atoms with Gasteiger partial charge in [-0.05, 0) is 20.8 Å². The van der Waals surface area contributed by atoms with Crippen LogP contribution in [-0.4, -0.2) is 72.7 Å². The first-order valence-corrected chi connectivity index (χ1v) is 6.23. The van der Waals surface area contributed by atoms with Crippen molar-refractivity contribution in [3.05, 3.63) is 0 Å². The van der Waals surface area contributed by atoms with Crippen LogP contribution >= 0.6 is 0 Å². The molecule has 0 bridgehead atoms. The molecule has 0 aliphatic carbocycles. The summed E-state index contributed by atoms with van der Waals surface area (Å²) in [4.78, 5) is 15.6. The summed E-state index contributed by atoms with van der Waals surface area (Å²) in [6.45, 7) is 8.72. The van der Waals surface area contributed by atoms with Crippen molar-refractivity contribution in [2.24, 2.45) is 0 Å². The van der Waals surface area contributed by atoms with Gasteiger partial charge in [-0.3, -0.25) is 4.90 Å². The molecule has 1 saturated heterocycles. The van der Waals surface area contributed by atoms with Gasteiger partial charge in [-0.25, -0.2) is 4.79 Å². The highest BCUT2D eigenvalue weighted by Gasteiger charge is 2.26. The van der Waals surface area contributed by atoms with Gasteiger partial charge < -0.3 is 19.5 Å². The molecule has 1 aliphatic rings. The maximum atomic E-state index is 11.8. The predicted molar refractivity (Wildman–Crippen MR) is 67.3 cm³/mol. The number of aliphatic hydroxyl groups is 1. The summed E-state index contributed by atoms with van der Waals surface area (Å²) in [6, 6.07) is 0. The Hall–Kier alpha value is -0.850. The zero-order chi connectivity index (χ0) is 13.8. The van der Waals surface area contributed by atoms with Gasteiger partial charge >= 0.3 is 6.09 Å². The van der Waals surface area contributed by atoms with Crippen LogP contribution in [0.15, 0.2) is 0 Å². The number of aliphatic hydroxyl groups excluding tert-OH is 1. The smallest absolute Gasteiger partial charge is 0.410 e. The zero-order valence-corrected chi connectivity index (χ0v) is 11.7. The number of hydrogen-bond donors (Lipinski definition) is 1. The monoisotopic (exact) mass is 260 g/mol. The summed E-state index contributed by atoms with van der Waals surface area (Å²) >= 11 is 0. The summed E-state index contributed by atoms with van der Waals surface area (Å²) in [5.74, 6) is 0. The van der Waals surface area contributed by atoms with Crippen molar-refractivity contribution in [1.29, 1.82) is 0 Å². The Balaban J connectivity index is 2.33. The van der Waals surface area contributed by atoms with Gasteiger partial charge in [0.15, 0.2) is 6.29 Å². The summed E-state index contributed by atoms with van der Waals surface area (Å²) < 4.78 is 10.1. The van der Waals surface area contributed by atoms with Crippen LogP contribution in [0.25, 0.3) is 0 Å². The van der Waals surface area contributed by atoms with E-state index in [0.29, 0.717) is 19.6 Å². The molecule has 1 atom stereocenters. The topological polar surface area (TPSA) is 62.2 Å². The quantitative estimate of drug-likeness (QED) is 0.749. The molecule has 1 aliphatic heterocycles. The molecule has 1 heterocycles. The lowest BCUT2D eigenvalue weighted by Crippen LogP contribution is -2.51. The van der Waals surface area contributed by atoms with Crippen molar-refractivity contribution >= 4 is 6.09 Å². The van der Waals surface area contributed by atoms with Crippen LogP contribution in [0.1, 0.15) is 20.8 Å². The second-order valence-electron chi connectivity index (χ2n) is 5.46. The van der Waals surface area contributed by atoms with E-state index in [2.05, 4.69) is 4.90 Å². The fourth-order valence-corrected chi connectivity index (χ4v) is 1.73. The lowest BCUT2D eigenvalue weighted by molar-refractivity contribution is -0.0946. The van der Waals surface area contributed by atoms with E-state index in [0.717, 1.165) is 13.1 Å². The number of carbonyl (C=O) groups excluding carboxylic acids is 1. The van der Waals surface area contributed by atoms with Crippen molar-refractivity contribution in [3.8, 4) is 0 Å². The molecule has 0 radical (unpaired) electrons. The molecule has 1 amide bonds. The maximum absolute atomic E-state index is 11.8. The number of nitrogens with zero attached hydrogens (tertiary/aromatic N) is 2. The van der Waals surface area contributed by atoms with E-state index in [9.17, 15) is 9.90 Å². The number of amides is 1. The number of rotatable bonds is 3. The first kappa shape index (κ1) is 15.2. The van der Waals surface area contributed by atoms with Crippen molar-refractivity contribution in [1.82, 2.24) is 9.80 Å². The van der Waals surface area contributed by atoms with E-state index in [-0.39, 0.29) is 6.09 Å². The van der Waals surface area contributed by atoms with E-state index < -0.39 is 11.9 Å². The SMILES string of the molecule is COC(O)CN1CCN(C(=O)OC(C)(C)C)CC1. The average molecular weight is 260 g/mol. The van der Waals surface area contributed by atoms with Gasteiger partial charge in [0.1, 0.15) is 5.60 Å². The Morgan fingerprint density at radius 3 is 2.28 bits per heavy atom. The summed E-state index contributed by atoms with van der Waals surface area (Å²) in [7, 11) is 1.47. The molecule has 0 aromatic carbocycles. The highest BCUT2D eigenvalue weighted by Crippen LogP contribution is 2.11. The lowest BCUT2D eigenvalue weighted by Gasteiger charge is -2.36. The van der Waals surface area contributed by atoms with E-state index in [4.69, 9.17) is 9.47 Å². The van der Waals surface area contributed by atoms with Crippen molar-refractivity contribution in [3.63, 3.8) is 0 Å². The van der Waals surface area contributed by atoms with E-state index >= 15 is 0 Å². The standard InChI is InChI=1S/C12H24N2O4/c1-12(2,3)18-11(16)14-7-5-13(6-8-14)9-10(15)17-4/h10,15H,5-9H2,1-4H3. The molecule has 0 aromatic rings. The lowest BCUT2D eigenvalue weighted by atomic mass is 10.2. The molecule has 106 valence electrons. The van der Waals surface area contributed by atoms with Gasteiger partial charge in [-0.1, -0.05) is 0 Å². The summed E-state index contributed by atoms with van der Waals surface area (Å²) in [6.07, 6.45) is -1.03. The summed E-state index contributed by atoms with van der Waals surface area (Å²) in [5, 5.41) is 9.37. The second-order valence-corrected chi connectivity index (χ2v) is 5.46. The predicted octanol–water partition coefficient (Wildman–Crippen LogP) is 0.504. The Bertz CT molecular complexity index is 270. The molecular formula is C12H24N2O4. The van der Waals surface area contributed by atoms with Gasteiger partial charge in [-0.2, -0.15) is 0 Å². The zero-order valence-electron chi connectivity index (χ0n) is 11.7. The highest BCUT2D eigenvalue weighted by molar-refractivity contribution is 5.68. The van der Waals surface area contributed by atoms with Crippen LogP contribution in [0.4, 0.5) is 4.79 Å². The van der Waals surface area contributed by atoms with Crippen molar-refractivity contribution in [2.45, 2.75) is 32.7 Å². The third kappa shape index (κ3) is 5.20. The number of piperazine rings is 1. The molecular weight excluding hydrogens is 236 g/mol. The largest absolute Gasteiger partial charge is 0.444 e. The molecule has 18 heavy (non-hydrogen) atoms. The highest BCUT2D eigenvalue weighted by atomic mass is 16.6. The Morgan fingerprint density at radius 1 is 1.28 bits per heavy atom. The molecule has 1 fully saturated rings. The fourth-order valence-electron chi connectivity index (χ4n) is 1.73. The molecule has 0 spiro atoms. The number of carbonyl (C=O) groups is 1. The molecule has 0 aromatic heterocycles. The third-order valence-electron chi connectivity index (χ3n) is 2.71. The van der Waals surface area contributed by atoms with Gasteiger partial charge in [0.2, 0.25) is 0 Å². The number of β-amino-alcohol motifs (C(OH)–C–C–N with tert-alkyl or cyclic N) is 1. The minimum atomic E-state index is -0.766. The normalized spacial score (nSPS) is 19.7. The van der Waals surface area contributed by atoms with E-state index in [1.165, 1.54) is 7.11 Å². The van der Waals surface area contributed by atoms with Gasteiger partial charge in [0.25, 0.3) is 0 Å². The minimum Gasteiger partial charge on any atom is -0.444 e. The van der Waals surface area contributed by atoms with Crippen LogP contribution in [0.3, 0.4) is 0 Å². The average Bonchev–Trinajstić information content (AvgIpc) is 2.27. The number of methoxy groups -OCH3 is 1.